The highest BCUT2D eigenvalue weighted by atomic mass is 32.1. The van der Waals surface area contributed by atoms with E-state index in [0.717, 1.165) is 21.3 Å². The van der Waals surface area contributed by atoms with Crippen LogP contribution in [0.2, 0.25) is 0 Å². The number of aromatic nitrogens is 1. The van der Waals surface area contributed by atoms with Crippen LogP contribution in [-0.4, -0.2) is 40.7 Å². The van der Waals surface area contributed by atoms with Crippen molar-refractivity contribution in [3.8, 4) is 11.5 Å². The molecule has 0 saturated heterocycles. The van der Waals surface area contributed by atoms with E-state index in [4.69, 9.17) is 14.3 Å². The van der Waals surface area contributed by atoms with Gasteiger partial charge in [-0.3, -0.25) is 9.36 Å². The molecule has 0 bridgehead atoms. The Morgan fingerprint density at radius 3 is 2.38 bits per heavy atom. The van der Waals surface area contributed by atoms with Gasteiger partial charge in [0.1, 0.15) is 24.3 Å². The predicted octanol–water partition coefficient (Wildman–Crippen LogP) is 5.17. The molecule has 0 unspecified atom stereocenters. The second-order valence-electron chi connectivity index (χ2n) is 8.78. The summed E-state index contributed by atoms with van der Waals surface area (Å²) in [4.78, 5) is 29.0. The average Bonchev–Trinajstić information content (AvgIpc) is 3.20. The molecule has 0 radical (unpaired) electrons. The Labute approximate surface area is 218 Å². The lowest BCUT2D eigenvalue weighted by Crippen LogP contribution is -2.37. The van der Waals surface area contributed by atoms with E-state index in [1.54, 1.807) is 28.8 Å². The number of carbonyl (C=O) groups is 1. The van der Waals surface area contributed by atoms with Crippen molar-refractivity contribution in [1.29, 1.82) is 0 Å². The third kappa shape index (κ3) is 6.18. The molecule has 0 spiro atoms. The van der Waals surface area contributed by atoms with Crippen molar-refractivity contribution in [3.05, 3.63) is 93.6 Å². The zero-order valence-corrected chi connectivity index (χ0v) is 21.7. The van der Waals surface area contributed by atoms with Crippen molar-refractivity contribution in [1.82, 2.24) is 4.57 Å². The minimum absolute atomic E-state index is 0.0281. The molecule has 192 valence electrons. The van der Waals surface area contributed by atoms with Gasteiger partial charge >= 0.3 is 10.8 Å². The first-order valence-electron chi connectivity index (χ1n) is 11.7. The van der Waals surface area contributed by atoms with E-state index < -0.39 is 11.6 Å². The van der Waals surface area contributed by atoms with Crippen LogP contribution in [0.1, 0.15) is 31.4 Å². The average molecular weight is 521 g/mol. The number of aryl methyl sites for hydroxylation is 1. The first-order valence-corrected chi connectivity index (χ1v) is 12.6. The minimum Gasteiger partial charge on any atom is -0.494 e. The molecule has 3 aromatic carbocycles. The number of benzene rings is 3. The number of thiazole rings is 1. The first kappa shape index (κ1) is 26.0. The SMILES string of the molecule is CON=C(c1ccccc1)c1ccc2c(c1)sc(=O)n2CCCOc1ccc(OC(C)(C)C(=O)O)cc1. The molecule has 0 aliphatic heterocycles. The lowest BCUT2D eigenvalue weighted by atomic mass is 10.0. The second-order valence-corrected chi connectivity index (χ2v) is 9.77. The quantitative estimate of drug-likeness (QED) is 0.166. The summed E-state index contributed by atoms with van der Waals surface area (Å²) in [5.74, 6) is 0.0416. The molecule has 0 aliphatic carbocycles. The third-order valence-electron chi connectivity index (χ3n) is 5.68. The fourth-order valence-corrected chi connectivity index (χ4v) is 4.70. The number of carboxylic acids is 1. The molecule has 4 aromatic rings. The van der Waals surface area contributed by atoms with Crippen molar-refractivity contribution in [2.24, 2.45) is 5.16 Å². The minimum atomic E-state index is -1.32. The molecule has 4 rings (SSSR count). The number of oxime groups is 1. The van der Waals surface area contributed by atoms with E-state index in [0.29, 0.717) is 36.8 Å². The largest absolute Gasteiger partial charge is 0.494 e. The van der Waals surface area contributed by atoms with Gasteiger partial charge in [-0.25, -0.2) is 4.79 Å². The Hall–Kier alpha value is -4.11. The van der Waals surface area contributed by atoms with Gasteiger partial charge in [-0.2, -0.15) is 0 Å². The monoisotopic (exact) mass is 520 g/mol. The van der Waals surface area contributed by atoms with E-state index in [9.17, 15) is 14.7 Å². The van der Waals surface area contributed by atoms with Crippen LogP contribution in [0.25, 0.3) is 10.2 Å². The number of nitrogens with zero attached hydrogens (tertiary/aromatic N) is 2. The number of hydrogen-bond acceptors (Lipinski definition) is 7. The second kappa shape index (κ2) is 11.3. The fourth-order valence-electron chi connectivity index (χ4n) is 3.74. The number of fused-ring (bicyclic) bond motifs is 1. The van der Waals surface area contributed by atoms with Crippen LogP contribution in [0, 0.1) is 0 Å². The van der Waals surface area contributed by atoms with E-state index in [1.165, 1.54) is 32.3 Å². The molecule has 1 heterocycles. The smallest absolute Gasteiger partial charge is 0.347 e. The van der Waals surface area contributed by atoms with E-state index in [1.807, 2.05) is 48.5 Å². The van der Waals surface area contributed by atoms with Gasteiger partial charge in [-0.05, 0) is 56.7 Å². The molecule has 1 N–H and O–H groups in total. The summed E-state index contributed by atoms with van der Waals surface area (Å²) in [5.41, 5.74) is 2.05. The summed E-state index contributed by atoms with van der Waals surface area (Å²) in [6, 6.07) is 22.4. The van der Waals surface area contributed by atoms with Crippen molar-refractivity contribution in [2.75, 3.05) is 13.7 Å². The highest BCUT2D eigenvalue weighted by molar-refractivity contribution is 7.16. The Morgan fingerprint density at radius 1 is 1.00 bits per heavy atom. The number of carboxylic acid groups (broad SMARTS) is 1. The van der Waals surface area contributed by atoms with Gasteiger partial charge in [0.25, 0.3) is 0 Å². The van der Waals surface area contributed by atoms with E-state index in [-0.39, 0.29) is 4.87 Å². The summed E-state index contributed by atoms with van der Waals surface area (Å²) >= 11 is 1.20. The van der Waals surface area contributed by atoms with Gasteiger partial charge < -0.3 is 19.4 Å². The van der Waals surface area contributed by atoms with Gasteiger partial charge in [-0.15, -0.1) is 0 Å². The van der Waals surface area contributed by atoms with Crippen molar-refractivity contribution in [3.63, 3.8) is 0 Å². The van der Waals surface area contributed by atoms with Crippen molar-refractivity contribution < 1.29 is 24.2 Å². The number of ether oxygens (including phenoxy) is 2. The highest BCUT2D eigenvalue weighted by Gasteiger charge is 2.29. The summed E-state index contributed by atoms with van der Waals surface area (Å²) in [7, 11) is 1.51. The van der Waals surface area contributed by atoms with Gasteiger partial charge in [0.05, 0.1) is 16.8 Å². The third-order valence-corrected chi connectivity index (χ3v) is 6.62. The molecular weight excluding hydrogens is 492 g/mol. The van der Waals surface area contributed by atoms with Crippen molar-refractivity contribution >= 4 is 33.2 Å². The molecular formula is C28H28N2O6S. The van der Waals surface area contributed by atoms with Crippen LogP contribution in [0.15, 0.2) is 82.7 Å². The Morgan fingerprint density at radius 2 is 1.70 bits per heavy atom. The number of rotatable bonds is 11. The fraction of sp³-hybridized carbons (Fsp3) is 0.250. The first-order chi connectivity index (χ1) is 17.8. The summed E-state index contributed by atoms with van der Waals surface area (Å²) in [6.45, 7) is 3.92. The lowest BCUT2D eigenvalue weighted by molar-refractivity contribution is -0.152. The van der Waals surface area contributed by atoms with Gasteiger partial charge in [-0.1, -0.05) is 52.9 Å². The molecule has 37 heavy (non-hydrogen) atoms. The number of aliphatic carboxylic acids is 1. The predicted molar refractivity (Wildman–Crippen MR) is 144 cm³/mol. The van der Waals surface area contributed by atoms with Crippen molar-refractivity contribution in [2.45, 2.75) is 32.4 Å². The summed E-state index contributed by atoms with van der Waals surface area (Å²) in [6.07, 6.45) is 0.637. The van der Waals surface area contributed by atoms with Crippen LogP contribution < -0.4 is 14.3 Å². The van der Waals surface area contributed by atoms with Crippen LogP contribution in [-0.2, 0) is 16.2 Å². The maximum absolute atomic E-state index is 12.7. The van der Waals surface area contributed by atoms with Gasteiger partial charge in [0, 0.05) is 17.7 Å². The van der Waals surface area contributed by atoms with Crippen LogP contribution >= 0.6 is 11.3 Å². The molecule has 0 aliphatic rings. The standard InChI is InChI=1S/C28H28N2O6S/c1-28(2,26(31)32)36-22-13-11-21(12-14-22)35-17-7-16-30-23-15-10-20(18-24(23)37-27(30)33)25(29-34-3)19-8-5-4-6-9-19/h4-6,8-15,18H,7,16-17H2,1-3H3,(H,31,32). The summed E-state index contributed by atoms with van der Waals surface area (Å²) < 4.78 is 13.9. The van der Waals surface area contributed by atoms with Crippen LogP contribution in [0.3, 0.4) is 0 Å². The molecule has 0 atom stereocenters. The highest BCUT2D eigenvalue weighted by Crippen LogP contribution is 2.24. The lowest BCUT2D eigenvalue weighted by Gasteiger charge is -2.21. The van der Waals surface area contributed by atoms with Crippen LogP contribution in [0.5, 0.6) is 11.5 Å². The van der Waals surface area contributed by atoms with Crippen LogP contribution in [0.4, 0.5) is 0 Å². The maximum atomic E-state index is 12.7. The Kier molecular flexibility index (Phi) is 7.93. The number of hydrogen-bond donors (Lipinski definition) is 1. The van der Waals surface area contributed by atoms with Gasteiger partial charge in [0.2, 0.25) is 0 Å². The topological polar surface area (TPSA) is 99.4 Å². The molecule has 0 amide bonds. The molecule has 0 fully saturated rings. The molecule has 1 aromatic heterocycles. The molecule has 8 nitrogen and oxygen atoms in total. The Bertz CT molecular complexity index is 1460. The molecule has 9 heteroatoms. The van der Waals surface area contributed by atoms with Gasteiger partial charge in [0.15, 0.2) is 5.60 Å². The zero-order chi connectivity index (χ0) is 26.4. The molecule has 0 saturated carbocycles. The normalized spacial score (nSPS) is 11.9. The Balaban J connectivity index is 1.39. The van der Waals surface area contributed by atoms with E-state index >= 15 is 0 Å². The van der Waals surface area contributed by atoms with E-state index in [2.05, 4.69) is 5.16 Å². The summed E-state index contributed by atoms with van der Waals surface area (Å²) in [5, 5.41) is 13.4. The zero-order valence-electron chi connectivity index (χ0n) is 20.8. The maximum Gasteiger partial charge on any atom is 0.347 e.